The third-order valence-electron chi connectivity index (χ3n) is 5.10. The van der Waals surface area contributed by atoms with E-state index in [4.69, 9.17) is 5.73 Å². The quantitative estimate of drug-likeness (QED) is 0.914. The molecule has 110 valence electrons. The van der Waals surface area contributed by atoms with Gasteiger partial charge in [-0.05, 0) is 55.2 Å². The van der Waals surface area contributed by atoms with Crippen molar-refractivity contribution >= 4 is 5.69 Å². The molecule has 0 spiro atoms. The highest BCUT2D eigenvalue weighted by Crippen LogP contribution is 2.40. The summed E-state index contributed by atoms with van der Waals surface area (Å²) in [5.74, 6) is 1.51. The van der Waals surface area contributed by atoms with E-state index in [9.17, 15) is 4.39 Å². The molecule has 1 aliphatic carbocycles. The van der Waals surface area contributed by atoms with Gasteiger partial charge in [0.15, 0.2) is 0 Å². The number of nitrogens with two attached hydrogens (primary N) is 1. The number of anilines is 1. The number of benzene rings is 1. The third kappa shape index (κ3) is 2.69. The Morgan fingerprint density at radius 1 is 1.30 bits per heavy atom. The molecular formula is C17H25FN2. The SMILES string of the molecule is CCC(N)Cc1ccc(N2CC3CCCC3C2)c(F)c1. The van der Waals surface area contributed by atoms with Crippen molar-refractivity contribution in [2.45, 2.75) is 45.1 Å². The fourth-order valence-electron chi connectivity index (χ4n) is 3.81. The maximum Gasteiger partial charge on any atom is 0.146 e. The van der Waals surface area contributed by atoms with Gasteiger partial charge in [0.05, 0.1) is 5.69 Å². The van der Waals surface area contributed by atoms with Crippen LogP contribution in [0.4, 0.5) is 10.1 Å². The molecule has 0 amide bonds. The fraction of sp³-hybridized carbons (Fsp3) is 0.647. The van der Waals surface area contributed by atoms with Crippen molar-refractivity contribution < 1.29 is 4.39 Å². The summed E-state index contributed by atoms with van der Waals surface area (Å²) in [5, 5.41) is 0. The lowest BCUT2D eigenvalue weighted by Crippen LogP contribution is -2.23. The van der Waals surface area contributed by atoms with Crippen LogP contribution in [0.15, 0.2) is 18.2 Å². The molecule has 3 rings (SSSR count). The Bertz CT molecular complexity index is 462. The molecule has 1 saturated carbocycles. The second-order valence-electron chi connectivity index (χ2n) is 6.51. The highest BCUT2D eigenvalue weighted by atomic mass is 19.1. The summed E-state index contributed by atoms with van der Waals surface area (Å²) in [5.41, 5.74) is 7.74. The summed E-state index contributed by atoms with van der Waals surface area (Å²) >= 11 is 0. The van der Waals surface area contributed by atoms with Gasteiger partial charge in [-0.1, -0.05) is 19.4 Å². The van der Waals surface area contributed by atoms with Gasteiger partial charge in [-0.25, -0.2) is 4.39 Å². The highest BCUT2D eigenvalue weighted by molar-refractivity contribution is 5.50. The molecule has 2 nitrogen and oxygen atoms in total. The minimum atomic E-state index is -0.0780. The monoisotopic (exact) mass is 276 g/mol. The van der Waals surface area contributed by atoms with E-state index in [1.807, 2.05) is 12.1 Å². The Morgan fingerprint density at radius 3 is 2.60 bits per heavy atom. The predicted octanol–water partition coefficient (Wildman–Crippen LogP) is 3.34. The van der Waals surface area contributed by atoms with Crippen LogP contribution in [-0.4, -0.2) is 19.1 Å². The van der Waals surface area contributed by atoms with Gasteiger partial charge in [-0.3, -0.25) is 0 Å². The molecule has 3 atom stereocenters. The van der Waals surface area contributed by atoms with Crippen LogP contribution in [0.2, 0.25) is 0 Å². The minimum absolute atomic E-state index is 0.0780. The van der Waals surface area contributed by atoms with Crippen molar-refractivity contribution in [1.29, 1.82) is 0 Å². The van der Waals surface area contributed by atoms with Crippen LogP contribution in [0.1, 0.15) is 38.2 Å². The van der Waals surface area contributed by atoms with Gasteiger partial charge in [-0.2, -0.15) is 0 Å². The molecule has 20 heavy (non-hydrogen) atoms. The van der Waals surface area contributed by atoms with Crippen LogP contribution in [0.25, 0.3) is 0 Å². The highest BCUT2D eigenvalue weighted by Gasteiger charge is 2.36. The van der Waals surface area contributed by atoms with Crippen LogP contribution in [0.3, 0.4) is 0 Å². The van der Waals surface area contributed by atoms with E-state index in [0.717, 1.165) is 49.0 Å². The van der Waals surface area contributed by atoms with E-state index in [-0.39, 0.29) is 11.9 Å². The summed E-state index contributed by atoms with van der Waals surface area (Å²) in [4.78, 5) is 2.24. The van der Waals surface area contributed by atoms with Crippen LogP contribution in [-0.2, 0) is 6.42 Å². The van der Waals surface area contributed by atoms with E-state index < -0.39 is 0 Å². The lowest BCUT2D eigenvalue weighted by molar-refractivity contribution is 0.494. The van der Waals surface area contributed by atoms with E-state index in [0.29, 0.717) is 0 Å². The van der Waals surface area contributed by atoms with Crippen molar-refractivity contribution in [3.63, 3.8) is 0 Å². The summed E-state index contributed by atoms with van der Waals surface area (Å²) in [6.07, 6.45) is 5.70. The van der Waals surface area contributed by atoms with Gasteiger partial charge in [-0.15, -0.1) is 0 Å². The number of nitrogens with zero attached hydrogens (tertiary/aromatic N) is 1. The Morgan fingerprint density at radius 2 is 2.00 bits per heavy atom. The molecule has 0 bridgehead atoms. The Balaban J connectivity index is 1.71. The standard InChI is InChI=1S/C17H25FN2/c1-2-15(19)8-12-6-7-17(16(18)9-12)20-10-13-4-3-5-14(13)11-20/h6-7,9,13-15H,2-5,8,10-11,19H2,1H3. The number of hydrogen-bond acceptors (Lipinski definition) is 2. The maximum atomic E-state index is 14.3. The molecular weight excluding hydrogens is 251 g/mol. The predicted molar refractivity (Wildman–Crippen MR) is 81.4 cm³/mol. The van der Waals surface area contributed by atoms with E-state index in [2.05, 4.69) is 11.8 Å². The first kappa shape index (κ1) is 13.9. The maximum absolute atomic E-state index is 14.3. The van der Waals surface area contributed by atoms with Crippen molar-refractivity contribution in [2.24, 2.45) is 17.6 Å². The summed E-state index contributed by atoms with van der Waals surface area (Å²) in [6.45, 7) is 4.14. The normalized spacial score (nSPS) is 26.9. The van der Waals surface area contributed by atoms with Gasteiger partial charge >= 0.3 is 0 Å². The molecule has 0 aromatic heterocycles. The molecule has 1 heterocycles. The Kier molecular flexibility index (Phi) is 3.97. The van der Waals surface area contributed by atoms with Gasteiger partial charge in [0.25, 0.3) is 0 Å². The molecule has 3 unspecified atom stereocenters. The van der Waals surface area contributed by atoms with Crippen molar-refractivity contribution in [1.82, 2.24) is 0 Å². The zero-order chi connectivity index (χ0) is 14.1. The van der Waals surface area contributed by atoms with Gasteiger partial charge in [0, 0.05) is 19.1 Å². The van der Waals surface area contributed by atoms with E-state index in [1.54, 1.807) is 6.07 Å². The molecule has 2 fully saturated rings. The summed E-state index contributed by atoms with van der Waals surface area (Å²) in [6, 6.07) is 5.81. The molecule has 1 aromatic carbocycles. The Hall–Kier alpha value is -1.09. The molecule has 1 aliphatic heterocycles. The van der Waals surface area contributed by atoms with Crippen LogP contribution >= 0.6 is 0 Å². The molecule has 1 aromatic rings. The number of hydrogen-bond donors (Lipinski definition) is 1. The van der Waals surface area contributed by atoms with Crippen molar-refractivity contribution in [3.8, 4) is 0 Å². The van der Waals surface area contributed by atoms with Gasteiger partial charge in [0.2, 0.25) is 0 Å². The van der Waals surface area contributed by atoms with Crippen LogP contribution < -0.4 is 10.6 Å². The zero-order valence-electron chi connectivity index (χ0n) is 12.3. The first-order chi connectivity index (χ1) is 9.67. The van der Waals surface area contributed by atoms with Gasteiger partial charge < -0.3 is 10.6 Å². The fourth-order valence-corrected chi connectivity index (χ4v) is 3.81. The first-order valence-electron chi connectivity index (χ1n) is 7.96. The largest absolute Gasteiger partial charge is 0.369 e. The van der Waals surface area contributed by atoms with Crippen LogP contribution in [0, 0.1) is 17.7 Å². The number of fused-ring (bicyclic) bond motifs is 1. The summed E-state index contributed by atoms with van der Waals surface area (Å²) < 4.78 is 14.3. The van der Waals surface area contributed by atoms with Crippen molar-refractivity contribution in [2.75, 3.05) is 18.0 Å². The second-order valence-corrected chi connectivity index (χ2v) is 6.51. The lowest BCUT2D eigenvalue weighted by Gasteiger charge is -2.21. The van der Waals surface area contributed by atoms with E-state index >= 15 is 0 Å². The lowest BCUT2D eigenvalue weighted by atomic mass is 10.0. The minimum Gasteiger partial charge on any atom is -0.369 e. The molecule has 3 heteroatoms. The summed E-state index contributed by atoms with van der Waals surface area (Å²) in [7, 11) is 0. The molecule has 2 aliphatic rings. The average molecular weight is 276 g/mol. The van der Waals surface area contributed by atoms with Gasteiger partial charge in [0.1, 0.15) is 5.82 Å². The third-order valence-corrected chi connectivity index (χ3v) is 5.10. The first-order valence-corrected chi connectivity index (χ1v) is 7.96. The smallest absolute Gasteiger partial charge is 0.146 e. The van der Waals surface area contributed by atoms with E-state index in [1.165, 1.54) is 19.3 Å². The van der Waals surface area contributed by atoms with Crippen LogP contribution in [0.5, 0.6) is 0 Å². The zero-order valence-corrected chi connectivity index (χ0v) is 12.3. The molecule has 1 saturated heterocycles. The Labute approximate surface area is 121 Å². The second kappa shape index (κ2) is 5.72. The van der Waals surface area contributed by atoms with Crippen molar-refractivity contribution in [3.05, 3.63) is 29.6 Å². The molecule has 0 radical (unpaired) electrons. The molecule has 2 N–H and O–H groups in total. The average Bonchev–Trinajstić information content (AvgIpc) is 2.99. The number of rotatable bonds is 4. The topological polar surface area (TPSA) is 29.3 Å². The number of halogens is 1.